The van der Waals surface area contributed by atoms with Crippen molar-refractivity contribution in [2.75, 3.05) is 23.4 Å². The molecule has 4 aromatic rings. The van der Waals surface area contributed by atoms with Crippen LogP contribution in [0.4, 0.5) is 21.6 Å². The van der Waals surface area contributed by atoms with Gasteiger partial charge in [0.25, 0.3) is 0 Å². The second kappa shape index (κ2) is 8.52. The van der Waals surface area contributed by atoms with Crippen molar-refractivity contribution in [2.45, 2.75) is 0 Å². The number of benzene rings is 1. The molecule has 0 amide bonds. The van der Waals surface area contributed by atoms with Gasteiger partial charge in [0.2, 0.25) is 15.9 Å². The number of aromatic nitrogens is 4. The molecule has 3 aromatic heterocycles. The summed E-state index contributed by atoms with van der Waals surface area (Å²) in [6.07, 6.45) is 3.92. The lowest BCUT2D eigenvalue weighted by Crippen LogP contribution is -2.11. The van der Waals surface area contributed by atoms with Gasteiger partial charge in [-0.1, -0.05) is 11.6 Å². The van der Waals surface area contributed by atoms with Crippen molar-refractivity contribution in [3.63, 3.8) is 0 Å². The fourth-order valence-electron chi connectivity index (χ4n) is 2.93. The van der Waals surface area contributed by atoms with Gasteiger partial charge >= 0.3 is 0 Å². The largest absolute Gasteiger partial charge is 0.480 e. The third kappa shape index (κ3) is 4.68. The molecule has 3 heterocycles. The van der Waals surface area contributed by atoms with E-state index >= 15 is 0 Å². The first-order chi connectivity index (χ1) is 15.2. The molecule has 12 heteroatoms. The summed E-state index contributed by atoms with van der Waals surface area (Å²) >= 11 is 5.86. The summed E-state index contributed by atoms with van der Waals surface area (Å²) in [4.78, 5) is 17.2. The van der Waals surface area contributed by atoms with E-state index in [1.54, 1.807) is 18.2 Å². The molecule has 0 aliphatic heterocycles. The maximum atomic E-state index is 13.5. The molecule has 0 aliphatic carbocycles. The fraction of sp³-hybridized carbons (Fsp3) is 0.100. The molecular formula is C20H16ClFN6O3S. The van der Waals surface area contributed by atoms with Crippen molar-refractivity contribution in [1.29, 1.82) is 0 Å². The zero-order valence-corrected chi connectivity index (χ0v) is 18.4. The summed E-state index contributed by atoms with van der Waals surface area (Å²) in [6.45, 7) is 0. The number of methoxy groups -OCH3 is 1. The first-order valence-electron chi connectivity index (χ1n) is 9.09. The number of hydrogen-bond donors (Lipinski definition) is 2. The molecule has 0 spiro atoms. The lowest BCUT2D eigenvalue weighted by molar-refractivity contribution is 0.400. The van der Waals surface area contributed by atoms with E-state index in [1.165, 1.54) is 37.8 Å². The third-order valence-electron chi connectivity index (χ3n) is 4.30. The second-order valence-corrected chi connectivity index (χ2v) is 8.85. The molecule has 1 aromatic carbocycles. The van der Waals surface area contributed by atoms with E-state index in [0.29, 0.717) is 33.8 Å². The van der Waals surface area contributed by atoms with Crippen LogP contribution in [0.2, 0.25) is 5.02 Å². The van der Waals surface area contributed by atoms with Gasteiger partial charge in [-0.3, -0.25) is 4.72 Å². The zero-order chi connectivity index (χ0) is 22.9. The highest BCUT2D eigenvalue weighted by Crippen LogP contribution is 2.30. The summed E-state index contributed by atoms with van der Waals surface area (Å²) in [6, 6.07) is 9.24. The van der Waals surface area contributed by atoms with Gasteiger partial charge in [0.15, 0.2) is 5.82 Å². The van der Waals surface area contributed by atoms with Gasteiger partial charge in [-0.2, -0.15) is 0 Å². The van der Waals surface area contributed by atoms with Crippen molar-refractivity contribution < 1.29 is 17.5 Å². The lowest BCUT2D eigenvalue weighted by atomic mass is 10.1. The molecule has 164 valence electrons. The summed E-state index contributed by atoms with van der Waals surface area (Å²) in [5.74, 6) is -0.0231. The summed E-state index contributed by atoms with van der Waals surface area (Å²) < 4.78 is 44.3. The molecule has 4 rings (SSSR count). The molecule has 9 nitrogen and oxygen atoms in total. The predicted octanol–water partition coefficient (Wildman–Crippen LogP) is 4.00. The van der Waals surface area contributed by atoms with Crippen LogP contribution in [0, 0.1) is 5.82 Å². The number of sulfonamides is 1. The van der Waals surface area contributed by atoms with Gasteiger partial charge in [0.05, 0.1) is 29.6 Å². The van der Waals surface area contributed by atoms with E-state index in [9.17, 15) is 12.8 Å². The van der Waals surface area contributed by atoms with E-state index in [4.69, 9.17) is 16.3 Å². The molecule has 0 aliphatic rings. The van der Waals surface area contributed by atoms with Gasteiger partial charge in [0.1, 0.15) is 23.3 Å². The Labute approximate surface area is 187 Å². The lowest BCUT2D eigenvalue weighted by Gasteiger charge is -2.12. The maximum Gasteiger partial charge on any atom is 0.238 e. The Morgan fingerprint density at radius 2 is 1.91 bits per heavy atom. The van der Waals surface area contributed by atoms with Crippen LogP contribution in [-0.4, -0.2) is 41.7 Å². The van der Waals surface area contributed by atoms with Crippen molar-refractivity contribution >= 4 is 49.9 Å². The van der Waals surface area contributed by atoms with E-state index in [0.717, 1.165) is 6.26 Å². The highest BCUT2D eigenvalue weighted by Gasteiger charge is 2.14. The normalized spacial score (nSPS) is 11.4. The van der Waals surface area contributed by atoms with Crippen molar-refractivity contribution in [1.82, 2.24) is 19.9 Å². The van der Waals surface area contributed by atoms with Gasteiger partial charge in [-0.05, 0) is 36.4 Å². The number of nitrogens with one attached hydrogen (secondary N) is 2. The zero-order valence-electron chi connectivity index (χ0n) is 16.8. The monoisotopic (exact) mass is 474 g/mol. The first-order valence-corrected chi connectivity index (χ1v) is 11.4. The number of pyridine rings is 2. The highest BCUT2D eigenvalue weighted by molar-refractivity contribution is 7.92. The van der Waals surface area contributed by atoms with Crippen LogP contribution in [0.5, 0.6) is 5.88 Å². The molecule has 32 heavy (non-hydrogen) atoms. The quantitative estimate of drug-likeness (QED) is 0.430. The maximum absolute atomic E-state index is 13.5. The van der Waals surface area contributed by atoms with Gasteiger partial charge in [0, 0.05) is 17.4 Å². The number of halogens is 2. The average Bonchev–Trinajstić information content (AvgIpc) is 2.75. The van der Waals surface area contributed by atoms with Gasteiger partial charge in [-0.25, -0.2) is 32.7 Å². The summed E-state index contributed by atoms with van der Waals surface area (Å²) in [7, 11) is -2.16. The smallest absolute Gasteiger partial charge is 0.238 e. The summed E-state index contributed by atoms with van der Waals surface area (Å²) in [5.41, 5.74) is 2.75. The number of rotatable bonds is 6. The molecule has 0 radical (unpaired) electrons. The molecule has 2 N–H and O–H groups in total. The van der Waals surface area contributed by atoms with Crippen molar-refractivity contribution in [2.24, 2.45) is 0 Å². The van der Waals surface area contributed by atoms with E-state index in [2.05, 4.69) is 30.0 Å². The van der Waals surface area contributed by atoms with Crippen LogP contribution in [0.25, 0.3) is 22.3 Å². The van der Waals surface area contributed by atoms with Crippen LogP contribution in [0.3, 0.4) is 0 Å². The fourth-order valence-corrected chi connectivity index (χ4v) is 3.66. The Balaban J connectivity index is 1.77. The van der Waals surface area contributed by atoms with E-state index in [1.807, 2.05) is 0 Å². The minimum Gasteiger partial charge on any atom is -0.480 e. The number of anilines is 3. The molecule has 0 atom stereocenters. The molecule has 0 bridgehead atoms. The first kappa shape index (κ1) is 21.7. The van der Waals surface area contributed by atoms with Crippen LogP contribution in [0.15, 0.2) is 48.9 Å². The van der Waals surface area contributed by atoms with Crippen molar-refractivity contribution in [3.05, 3.63) is 59.8 Å². The van der Waals surface area contributed by atoms with E-state index < -0.39 is 15.8 Å². The molecular weight excluding hydrogens is 459 g/mol. The minimum absolute atomic E-state index is 0.0303. The Morgan fingerprint density at radius 1 is 1.09 bits per heavy atom. The van der Waals surface area contributed by atoms with Crippen LogP contribution >= 0.6 is 11.6 Å². The average molecular weight is 475 g/mol. The Kier molecular flexibility index (Phi) is 5.76. The molecule has 0 saturated carbocycles. The highest BCUT2D eigenvalue weighted by atomic mass is 35.5. The van der Waals surface area contributed by atoms with E-state index in [-0.39, 0.29) is 16.6 Å². The summed E-state index contributed by atoms with van der Waals surface area (Å²) in [5, 5.41) is 3.03. The second-order valence-electron chi connectivity index (χ2n) is 6.70. The number of hydrogen-bond acceptors (Lipinski definition) is 8. The van der Waals surface area contributed by atoms with Crippen LogP contribution < -0.4 is 14.8 Å². The predicted molar refractivity (Wildman–Crippen MR) is 120 cm³/mol. The Morgan fingerprint density at radius 3 is 2.62 bits per heavy atom. The number of fused-ring (bicyclic) bond motifs is 1. The van der Waals surface area contributed by atoms with Crippen molar-refractivity contribution in [3.8, 4) is 17.1 Å². The third-order valence-corrected chi connectivity index (χ3v) is 5.18. The topological polar surface area (TPSA) is 119 Å². The minimum atomic E-state index is -3.55. The van der Waals surface area contributed by atoms with Gasteiger partial charge in [-0.15, -0.1) is 0 Å². The molecule has 0 unspecified atom stereocenters. The number of ether oxygens (including phenoxy) is 1. The van der Waals surface area contributed by atoms with Crippen LogP contribution in [0.1, 0.15) is 0 Å². The molecule has 0 fully saturated rings. The molecule has 0 saturated heterocycles. The Hall–Kier alpha value is -3.57. The van der Waals surface area contributed by atoms with Gasteiger partial charge < -0.3 is 10.1 Å². The van der Waals surface area contributed by atoms with Crippen LogP contribution in [-0.2, 0) is 10.0 Å². The number of nitrogens with zero attached hydrogens (tertiary/aromatic N) is 4. The standard InChI is InChI=1S/C20H16ClFN6O3S/c1-31-20-17(28-32(2,29)30)7-11(9-23-20)15-5-6-16-18(27-15)19(25-10-24-16)26-12-3-4-14(22)13(21)8-12/h3-10,28H,1-2H3,(H,24,25,26). The SMILES string of the molecule is COc1ncc(-c2ccc3ncnc(Nc4ccc(F)c(Cl)c4)c3n2)cc1NS(C)(=O)=O. The Bertz CT molecular complexity index is 1430.